The van der Waals surface area contributed by atoms with Crippen molar-refractivity contribution in [1.29, 1.82) is 0 Å². The van der Waals surface area contributed by atoms with Gasteiger partial charge < -0.3 is 18.9 Å². The fraction of sp³-hybridized carbons (Fsp3) is 0.125. The molecule has 4 heteroatoms. The number of hydrogen-bond acceptors (Lipinski definition) is 2. The van der Waals surface area contributed by atoms with E-state index in [1.807, 2.05) is 18.2 Å². The molecule has 0 atom stereocenters. The van der Waals surface area contributed by atoms with Crippen LogP contribution in [0.1, 0.15) is 96.8 Å². The Morgan fingerprint density at radius 1 is 0.293 bits per heavy atom. The highest BCUT2D eigenvalue weighted by Gasteiger charge is 2.32. The van der Waals surface area contributed by atoms with Crippen LogP contribution in [0, 0.1) is 0 Å². The second-order valence-corrected chi connectivity index (χ2v) is 32.5. The first-order chi connectivity index (χ1) is 56.8. The molecular weight excluding hydrogens is 1400 g/mol. The summed E-state index contributed by atoms with van der Waals surface area (Å²) in [6.45, 7) is 22.8. The largest absolute Gasteiger partial charge is 0.309 e. The number of benzene rings is 16. The minimum absolute atomic E-state index is 0.176. The Morgan fingerprint density at radius 3 is 0.966 bits per heavy atom. The molecule has 0 bridgehead atoms. The molecule has 116 heavy (non-hydrogen) atoms. The maximum atomic E-state index is 4.26. The molecule has 0 fully saturated rings. The Bertz CT molecular complexity index is 6620. The summed E-state index contributed by atoms with van der Waals surface area (Å²) in [7, 11) is 0. The summed E-state index contributed by atoms with van der Waals surface area (Å²) in [5.74, 6) is 0. The van der Waals surface area contributed by atoms with Crippen LogP contribution in [-0.4, -0.2) is 9.13 Å². The third-order valence-electron chi connectivity index (χ3n) is 24.2. The maximum absolute atomic E-state index is 4.26. The first-order valence-electron chi connectivity index (χ1n) is 41.3. The Balaban J connectivity index is 0.931. The highest BCUT2D eigenvalue weighted by molar-refractivity contribution is 6.24. The van der Waals surface area contributed by atoms with Gasteiger partial charge in [0.2, 0.25) is 0 Å². The summed E-state index contributed by atoms with van der Waals surface area (Å²) >= 11 is 0. The van der Waals surface area contributed by atoms with Crippen LogP contribution in [0.15, 0.2) is 389 Å². The zero-order valence-electron chi connectivity index (χ0n) is 67.2. The lowest BCUT2D eigenvalue weighted by Crippen LogP contribution is -2.19. The summed E-state index contributed by atoms with van der Waals surface area (Å²) in [6, 6.07) is 134. The second kappa shape index (κ2) is 31.4. The topological polar surface area (TPSA) is 16.3 Å². The molecule has 0 aliphatic heterocycles. The van der Waals surface area contributed by atoms with E-state index in [2.05, 4.69) is 432 Å². The van der Waals surface area contributed by atoms with Crippen molar-refractivity contribution in [1.82, 2.24) is 9.13 Å². The van der Waals surface area contributed by atoms with Crippen LogP contribution >= 0.6 is 0 Å². The van der Waals surface area contributed by atoms with Crippen molar-refractivity contribution >= 4 is 105 Å². The zero-order valence-corrected chi connectivity index (χ0v) is 67.2. The van der Waals surface area contributed by atoms with Crippen LogP contribution in [0.5, 0.6) is 0 Å². The number of allylic oxidation sites excluding steroid dienone is 4. The average molecular weight is 1500 g/mol. The SMILES string of the molecule is C=CC=C(C=C)c1ccc2c(c1)c1cc(-c3ccccc3)ccc1n2-c1cccc(N(c2ccc(-c3ccccc3)cc2)c2c3ccc(C(C)(C)CCCC)cc3c(N(c3ccc(-c4ccccc4)cc3)c3cccc(-n4c5ccc(-c6ccccc6)cc5c5cc(-c6ccccc6)ccc54)c3)c3ccc(C(C)(C)CCCC)cc23)c1. The lowest BCUT2D eigenvalue weighted by Gasteiger charge is -2.35. The summed E-state index contributed by atoms with van der Waals surface area (Å²) in [6.07, 6.45) is 12.3. The van der Waals surface area contributed by atoms with Crippen LogP contribution in [0.3, 0.4) is 0 Å². The molecule has 18 rings (SSSR count). The number of anilines is 6. The number of nitrogens with zero attached hydrogens (tertiary/aromatic N) is 4. The fourth-order valence-corrected chi connectivity index (χ4v) is 17.9. The molecule has 16 aromatic carbocycles. The van der Waals surface area contributed by atoms with E-state index in [0.29, 0.717) is 0 Å². The third kappa shape index (κ3) is 13.9. The quantitative estimate of drug-likeness (QED) is 0.0341. The third-order valence-corrected chi connectivity index (χ3v) is 24.2. The monoisotopic (exact) mass is 1500 g/mol. The molecule has 4 nitrogen and oxygen atoms in total. The van der Waals surface area contributed by atoms with Gasteiger partial charge in [-0.2, -0.15) is 0 Å². The molecule has 18 aromatic rings. The van der Waals surface area contributed by atoms with Gasteiger partial charge in [-0.05, 0) is 223 Å². The van der Waals surface area contributed by atoms with Gasteiger partial charge >= 0.3 is 0 Å². The van der Waals surface area contributed by atoms with Crippen LogP contribution in [-0.2, 0) is 10.8 Å². The number of fused-ring (bicyclic) bond motifs is 8. The van der Waals surface area contributed by atoms with Gasteiger partial charge in [-0.3, -0.25) is 0 Å². The minimum Gasteiger partial charge on any atom is -0.309 e. The number of hydrogen-bond donors (Lipinski definition) is 0. The normalized spacial score (nSPS) is 12.0. The molecule has 0 radical (unpaired) electrons. The predicted molar refractivity (Wildman–Crippen MR) is 500 cm³/mol. The Hall–Kier alpha value is -13.5. The average Bonchev–Trinajstić information content (AvgIpc) is 0.883. The van der Waals surface area contributed by atoms with Crippen molar-refractivity contribution in [2.24, 2.45) is 0 Å². The van der Waals surface area contributed by atoms with Crippen molar-refractivity contribution in [2.45, 2.75) is 90.9 Å². The lowest BCUT2D eigenvalue weighted by molar-refractivity contribution is 0.458. The molecule has 0 aliphatic rings. The predicted octanol–water partition coefficient (Wildman–Crippen LogP) is 32.2. The highest BCUT2D eigenvalue weighted by Crippen LogP contribution is 2.55. The summed E-state index contributed by atoms with van der Waals surface area (Å²) in [5.41, 5.74) is 29.1. The summed E-state index contributed by atoms with van der Waals surface area (Å²) < 4.78 is 4.98. The second-order valence-electron chi connectivity index (χ2n) is 32.5. The van der Waals surface area contributed by atoms with Crippen molar-refractivity contribution in [2.75, 3.05) is 9.80 Å². The molecule has 0 unspecified atom stereocenters. The van der Waals surface area contributed by atoms with Crippen molar-refractivity contribution in [3.8, 4) is 67.0 Å². The number of unbranched alkanes of at least 4 members (excludes halogenated alkanes) is 2. The molecule has 0 saturated heterocycles. The molecule has 2 heterocycles. The van der Waals surface area contributed by atoms with Gasteiger partial charge in [0.1, 0.15) is 0 Å². The first kappa shape index (κ1) is 73.9. The van der Waals surface area contributed by atoms with Gasteiger partial charge in [0, 0.05) is 77.2 Å². The molecule has 0 aliphatic carbocycles. The van der Waals surface area contributed by atoms with Crippen molar-refractivity contribution in [3.05, 3.63) is 406 Å². The lowest BCUT2D eigenvalue weighted by atomic mass is 9.78. The van der Waals surface area contributed by atoms with E-state index in [0.717, 1.165) is 161 Å². The van der Waals surface area contributed by atoms with E-state index < -0.39 is 0 Å². The van der Waals surface area contributed by atoms with Gasteiger partial charge in [-0.15, -0.1) is 0 Å². The van der Waals surface area contributed by atoms with E-state index >= 15 is 0 Å². The molecule has 2 aromatic heterocycles. The molecule has 0 spiro atoms. The van der Waals surface area contributed by atoms with Gasteiger partial charge in [0.05, 0.1) is 33.4 Å². The molecule has 0 saturated carbocycles. The number of aromatic nitrogens is 2. The highest BCUT2D eigenvalue weighted by atomic mass is 15.2. The van der Waals surface area contributed by atoms with Gasteiger partial charge in [0.15, 0.2) is 0 Å². The minimum atomic E-state index is -0.177. The van der Waals surface area contributed by atoms with Crippen LogP contribution in [0.2, 0.25) is 0 Å². The van der Waals surface area contributed by atoms with Gasteiger partial charge in [0.25, 0.3) is 0 Å². The molecule has 0 amide bonds. The summed E-state index contributed by atoms with van der Waals surface area (Å²) in [4.78, 5) is 5.20. The Kier molecular flexibility index (Phi) is 20.0. The molecule has 564 valence electrons. The maximum Gasteiger partial charge on any atom is 0.0620 e. The fourth-order valence-electron chi connectivity index (χ4n) is 17.9. The Morgan fingerprint density at radius 2 is 0.621 bits per heavy atom. The van der Waals surface area contributed by atoms with Crippen molar-refractivity contribution in [3.63, 3.8) is 0 Å². The van der Waals surface area contributed by atoms with Gasteiger partial charge in [-0.25, -0.2) is 0 Å². The van der Waals surface area contributed by atoms with Crippen LogP contribution < -0.4 is 9.80 Å². The van der Waals surface area contributed by atoms with Crippen LogP contribution in [0.4, 0.5) is 34.1 Å². The van der Waals surface area contributed by atoms with E-state index in [1.165, 1.54) is 66.2 Å². The molecular formula is C112H96N4. The van der Waals surface area contributed by atoms with E-state index in [1.54, 1.807) is 0 Å². The van der Waals surface area contributed by atoms with Crippen molar-refractivity contribution < 1.29 is 0 Å². The first-order valence-corrected chi connectivity index (χ1v) is 41.3. The molecule has 0 N–H and O–H groups in total. The van der Waals surface area contributed by atoms with Crippen LogP contribution in [0.25, 0.3) is 138 Å². The standard InChI is InChI=1S/C112H96N4/c1-9-13-67-111(5,6)89-56-62-98-103(73-89)109(113(91-57-47-83(48-58-91)78-33-20-15-21-34-78)93-43-30-45-95(75-93)115-105-63-51-85(77(12-4)32-11-3)69-99(105)100-70-86(52-64-106(100)115)80-37-24-17-25-38-80)97-61-55-90(112(7,8)68-14-10-2)74-104(97)110(98)114(92-59-49-84(50-60-92)79-35-22-16-23-36-79)94-44-31-46-96(76-94)116-107-65-53-87(81-39-26-18-27-40-81)71-101(107)102-72-88(54-66-108(102)116)82-41-28-19-29-42-82/h11-12,15-66,69-76H,3-4,9-10,13-14,67-68H2,1-2,5-8H3. The van der Waals surface area contributed by atoms with E-state index in [-0.39, 0.29) is 10.8 Å². The van der Waals surface area contributed by atoms with Gasteiger partial charge in [-0.1, -0.05) is 335 Å². The Labute approximate surface area is 683 Å². The zero-order chi connectivity index (χ0) is 79.0. The smallest absolute Gasteiger partial charge is 0.0620 e. The van der Waals surface area contributed by atoms with E-state index in [4.69, 9.17) is 0 Å². The summed E-state index contributed by atoms with van der Waals surface area (Å²) in [5, 5.41) is 9.32. The van der Waals surface area contributed by atoms with E-state index in [9.17, 15) is 0 Å². The number of rotatable bonds is 24.